The monoisotopic (exact) mass is 196 g/mol. The Morgan fingerprint density at radius 1 is 1.29 bits per heavy atom. The van der Waals surface area contributed by atoms with Gasteiger partial charge in [-0.25, -0.2) is 0 Å². The second-order valence-electron chi connectivity index (χ2n) is 4.78. The van der Waals surface area contributed by atoms with Crippen molar-refractivity contribution in [3.63, 3.8) is 0 Å². The lowest BCUT2D eigenvalue weighted by molar-refractivity contribution is -0.137. The summed E-state index contributed by atoms with van der Waals surface area (Å²) in [6.45, 7) is 3.86. The molecule has 14 heavy (non-hydrogen) atoms. The molecule has 0 atom stereocenters. The second kappa shape index (κ2) is 3.35. The number of hydrogen-bond acceptors (Lipinski definition) is 3. The van der Waals surface area contributed by atoms with E-state index in [0.717, 1.165) is 6.54 Å². The minimum atomic E-state index is -0.163. The molecule has 1 N–H and O–H groups in total. The third-order valence-electron chi connectivity index (χ3n) is 3.18. The molecule has 1 heterocycles. The first-order chi connectivity index (χ1) is 6.57. The summed E-state index contributed by atoms with van der Waals surface area (Å²) in [7, 11) is 0. The van der Waals surface area contributed by atoms with Crippen molar-refractivity contribution in [2.24, 2.45) is 5.41 Å². The number of piperazine rings is 1. The molecule has 1 aliphatic carbocycles. The number of nitrogens with one attached hydrogen (secondary N) is 1. The first-order valence-electron chi connectivity index (χ1n) is 5.12. The molecular formula is C10H16N2O2. The summed E-state index contributed by atoms with van der Waals surface area (Å²) in [6, 6.07) is 0. The molecule has 2 rings (SSSR count). The zero-order valence-corrected chi connectivity index (χ0v) is 8.51. The van der Waals surface area contributed by atoms with E-state index >= 15 is 0 Å². The lowest BCUT2D eigenvalue weighted by atomic mass is 9.70. The van der Waals surface area contributed by atoms with Gasteiger partial charge in [0.25, 0.3) is 0 Å². The van der Waals surface area contributed by atoms with Crippen molar-refractivity contribution in [2.75, 3.05) is 19.6 Å². The molecule has 2 fully saturated rings. The van der Waals surface area contributed by atoms with Gasteiger partial charge in [0.05, 0.1) is 13.1 Å². The van der Waals surface area contributed by atoms with E-state index in [1.807, 2.05) is 4.90 Å². The first kappa shape index (κ1) is 9.65. The van der Waals surface area contributed by atoms with Crippen LogP contribution in [0.4, 0.5) is 0 Å². The second-order valence-corrected chi connectivity index (χ2v) is 4.78. The summed E-state index contributed by atoms with van der Waals surface area (Å²) >= 11 is 0. The highest BCUT2D eigenvalue weighted by molar-refractivity contribution is 5.99. The smallest absolute Gasteiger partial charge is 0.240 e. The van der Waals surface area contributed by atoms with Crippen molar-refractivity contribution in [3.05, 3.63) is 0 Å². The maximum Gasteiger partial charge on any atom is 0.240 e. The third kappa shape index (κ3) is 1.95. The third-order valence-corrected chi connectivity index (χ3v) is 3.18. The van der Waals surface area contributed by atoms with Gasteiger partial charge in [-0.2, -0.15) is 0 Å². The maximum absolute atomic E-state index is 11.1. The molecular weight excluding hydrogens is 180 g/mol. The van der Waals surface area contributed by atoms with Gasteiger partial charge in [0.1, 0.15) is 0 Å². The van der Waals surface area contributed by atoms with Crippen molar-refractivity contribution in [1.29, 1.82) is 0 Å². The van der Waals surface area contributed by atoms with Gasteiger partial charge in [-0.15, -0.1) is 0 Å². The zero-order chi connectivity index (χ0) is 10.2. The van der Waals surface area contributed by atoms with E-state index in [2.05, 4.69) is 12.2 Å². The van der Waals surface area contributed by atoms with Crippen LogP contribution in [0.1, 0.15) is 26.2 Å². The molecule has 4 heteroatoms. The maximum atomic E-state index is 11.1. The molecule has 0 aromatic rings. The van der Waals surface area contributed by atoms with Crippen LogP contribution in [0.5, 0.6) is 0 Å². The fourth-order valence-corrected chi connectivity index (χ4v) is 2.29. The normalized spacial score (nSPS) is 26.9. The fraction of sp³-hybridized carbons (Fsp3) is 0.800. The van der Waals surface area contributed by atoms with Crippen LogP contribution >= 0.6 is 0 Å². The first-order valence-corrected chi connectivity index (χ1v) is 5.12. The van der Waals surface area contributed by atoms with Crippen LogP contribution in [-0.2, 0) is 9.59 Å². The van der Waals surface area contributed by atoms with E-state index in [1.165, 1.54) is 19.3 Å². The highest BCUT2D eigenvalue weighted by atomic mass is 16.2. The number of carbonyl (C=O) groups is 2. The molecule has 4 nitrogen and oxygen atoms in total. The van der Waals surface area contributed by atoms with Gasteiger partial charge in [0, 0.05) is 6.54 Å². The Bertz CT molecular complexity index is 255. The number of hydrogen-bond donors (Lipinski definition) is 1. The predicted molar refractivity (Wildman–Crippen MR) is 51.5 cm³/mol. The standard InChI is InChI=1S/C10H16N2O2/c1-10(3-2-4-10)7-12-5-8(13)11-9(14)6-12/h2-7H2,1H3,(H,11,13,14). The molecule has 1 saturated carbocycles. The number of imide groups is 1. The average molecular weight is 196 g/mol. The van der Waals surface area contributed by atoms with Gasteiger partial charge in [0.15, 0.2) is 0 Å². The lowest BCUT2D eigenvalue weighted by Crippen LogP contribution is -2.54. The van der Waals surface area contributed by atoms with Gasteiger partial charge in [-0.05, 0) is 18.3 Å². The molecule has 1 saturated heterocycles. The van der Waals surface area contributed by atoms with Gasteiger partial charge in [0.2, 0.25) is 11.8 Å². The minimum Gasteiger partial charge on any atom is -0.294 e. The Labute approximate surface area is 83.6 Å². The molecule has 2 amide bonds. The van der Waals surface area contributed by atoms with E-state index in [1.54, 1.807) is 0 Å². The topological polar surface area (TPSA) is 49.4 Å². The Balaban J connectivity index is 1.91. The van der Waals surface area contributed by atoms with Gasteiger partial charge >= 0.3 is 0 Å². The Hall–Kier alpha value is -0.900. The Morgan fingerprint density at radius 2 is 1.86 bits per heavy atom. The Morgan fingerprint density at radius 3 is 2.29 bits per heavy atom. The van der Waals surface area contributed by atoms with Crippen molar-refractivity contribution >= 4 is 11.8 Å². The quantitative estimate of drug-likeness (QED) is 0.639. The van der Waals surface area contributed by atoms with Crippen molar-refractivity contribution in [2.45, 2.75) is 26.2 Å². The van der Waals surface area contributed by atoms with E-state index in [9.17, 15) is 9.59 Å². The van der Waals surface area contributed by atoms with Crippen LogP contribution in [0.3, 0.4) is 0 Å². The SMILES string of the molecule is CC1(CN2CC(=O)NC(=O)C2)CCC1. The number of rotatable bonds is 2. The summed E-state index contributed by atoms with van der Waals surface area (Å²) in [5.74, 6) is -0.326. The fourth-order valence-electron chi connectivity index (χ4n) is 2.29. The van der Waals surface area contributed by atoms with Crippen LogP contribution in [0.2, 0.25) is 0 Å². The number of carbonyl (C=O) groups excluding carboxylic acids is 2. The van der Waals surface area contributed by atoms with E-state index in [0.29, 0.717) is 18.5 Å². The summed E-state index contributed by atoms with van der Waals surface area (Å²) in [4.78, 5) is 24.2. The number of nitrogens with zero attached hydrogens (tertiary/aromatic N) is 1. The predicted octanol–water partition coefficient (Wildman–Crippen LogP) is 0.135. The van der Waals surface area contributed by atoms with Gasteiger partial charge < -0.3 is 0 Å². The van der Waals surface area contributed by atoms with E-state index in [-0.39, 0.29) is 11.8 Å². The average Bonchev–Trinajstić information content (AvgIpc) is 1.99. The highest BCUT2D eigenvalue weighted by Crippen LogP contribution is 2.40. The molecule has 0 bridgehead atoms. The highest BCUT2D eigenvalue weighted by Gasteiger charge is 2.35. The minimum absolute atomic E-state index is 0.163. The summed E-state index contributed by atoms with van der Waals surface area (Å²) < 4.78 is 0. The molecule has 78 valence electrons. The van der Waals surface area contributed by atoms with Crippen LogP contribution in [0.25, 0.3) is 0 Å². The lowest BCUT2D eigenvalue weighted by Gasteiger charge is -2.42. The molecule has 1 aliphatic heterocycles. The molecule has 0 aromatic carbocycles. The molecule has 0 aromatic heterocycles. The van der Waals surface area contributed by atoms with Crippen LogP contribution in [0.15, 0.2) is 0 Å². The molecule has 2 aliphatic rings. The van der Waals surface area contributed by atoms with Crippen LogP contribution < -0.4 is 5.32 Å². The zero-order valence-electron chi connectivity index (χ0n) is 8.51. The van der Waals surface area contributed by atoms with Crippen molar-refractivity contribution in [3.8, 4) is 0 Å². The largest absolute Gasteiger partial charge is 0.294 e. The van der Waals surface area contributed by atoms with Gasteiger partial charge in [-0.1, -0.05) is 13.3 Å². The van der Waals surface area contributed by atoms with Crippen molar-refractivity contribution in [1.82, 2.24) is 10.2 Å². The van der Waals surface area contributed by atoms with E-state index in [4.69, 9.17) is 0 Å². The Kier molecular flexibility index (Phi) is 2.31. The van der Waals surface area contributed by atoms with Gasteiger partial charge in [-0.3, -0.25) is 19.8 Å². The van der Waals surface area contributed by atoms with E-state index < -0.39 is 0 Å². The van der Waals surface area contributed by atoms with Crippen LogP contribution in [0, 0.1) is 5.41 Å². The molecule has 0 unspecified atom stereocenters. The summed E-state index contributed by atoms with van der Waals surface area (Å²) in [6.07, 6.45) is 3.73. The van der Waals surface area contributed by atoms with Crippen LogP contribution in [-0.4, -0.2) is 36.3 Å². The molecule has 0 radical (unpaired) electrons. The van der Waals surface area contributed by atoms with Crippen molar-refractivity contribution < 1.29 is 9.59 Å². The molecule has 0 spiro atoms. The summed E-state index contributed by atoms with van der Waals surface area (Å²) in [5.41, 5.74) is 0.345. The number of amides is 2. The summed E-state index contributed by atoms with van der Waals surface area (Å²) in [5, 5.41) is 2.31.